The van der Waals surface area contributed by atoms with E-state index in [2.05, 4.69) is 78.9 Å². The number of aromatic nitrogens is 1. The smallest absolute Gasteiger partial charge is 0.312 e. The summed E-state index contributed by atoms with van der Waals surface area (Å²) < 4.78 is 5.88. The van der Waals surface area contributed by atoms with E-state index in [-0.39, 0.29) is 12.4 Å². The van der Waals surface area contributed by atoms with Crippen molar-refractivity contribution >= 4 is 27.6 Å². The highest BCUT2D eigenvalue weighted by Gasteiger charge is 2.46. The quantitative estimate of drug-likeness (QED) is 0.182. The average Bonchev–Trinajstić information content (AvgIpc) is 3.19. The molecule has 0 radical (unpaired) electrons. The lowest BCUT2D eigenvalue weighted by Crippen LogP contribution is -2.33. The molecule has 0 amide bonds. The zero-order chi connectivity index (χ0) is 25.5. The van der Waals surface area contributed by atoms with Crippen molar-refractivity contribution in [1.29, 1.82) is 0 Å². The van der Waals surface area contributed by atoms with Gasteiger partial charge in [0.15, 0.2) is 0 Å². The van der Waals surface area contributed by atoms with Gasteiger partial charge in [0, 0.05) is 16.4 Å². The van der Waals surface area contributed by atoms with E-state index in [1.54, 1.807) is 0 Å². The number of esters is 1. The van der Waals surface area contributed by atoms with E-state index in [4.69, 9.17) is 9.72 Å². The molecule has 5 aromatic carbocycles. The standard InChI is InChI=1S/C35H25NO2/c37-33(38-28-16-5-2-6-17-28)23-35(22-24-11-3-1-4-12-24)30-20-26-14-8-7-13-25(26)19-29(30)34-31(35)21-27-15-9-10-18-32(27)36-34/h1-21H,22-23H2. The van der Waals surface area contributed by atoms with Gasteiger partial charge in [0.1, 0.15) is 5.75 Å². The highest BCUT2D eigenvalue weighted by Crippen LogP contribution is 2.53. The molecule has 1 unspecified atom stereocenters. The summed E-state index contributed by atoms with van der Waals surface area (Å²) >= 11 is 0. The summed E-state index contributed by atoms with van der Waals surface area (Å²) in [7, 11) is 0. The molecule has 0 N–H and O–H groups in total. The van der Waals surface area contributed by atoms with Crippen LogP contribution in [0.2, 0.25) is 0 Å². The molecule has 1 aliphatic rings. The Bertz CT molecular complexity index is 1720. The lowest BCUT2D eigenvalue weighted by molar-refractivity contribution is -0.135. The van der Waals surface area contributed by atoms with Gasteiger partial charge in [-0.2, -0.15) is 0 Å². The molecule has 0 bridgehead atoms. The van der Waals surface area contributed by atoms with Crippen LogP contribution in [0.4, 0.5) is 0 Å². The van der Waals surface area contributed by atoms with E-state index >= 15 is 0 Å². The Labute approximate surface area is 221 Å². The van der Waals surface area contributed by atoms with Crippen molar-refractivity contribution in [2.45, 2.75) is 18.3 Å². The number of para-hydroxylation sites is 2. The third-order valence-electron chi connectivity index (χ3n) is 7.67. The van der Waals surface area contributed by atoms with Gasteiger partial charge in [0.2, 0.25) is 0 Å². The average molecular weight is 492 g/mol. The van der Waals surface area contributed by atoms with Gasteiger partial charge in [-0.05, 0) is 70.3 Å². The zero-order valence-corrected chi connectivity index (χ0v) is 20.8. The Hall–Kier alpha value is -4.76. The molecule has 7 rings (SSSR count). The maximum Gasteiger partial charge on any atom is 0.312 e. The fraction of sp³-hybridized carbons (Fsp3) is 0.0857. The minimum Gasteiger partial charge on any atom is -0.426 e. The van der Waals surface area contributed by atoms with Crippen molar-refractivity contribution in [3.63, 3.8) is 0 Å². The van der Waals surface area contributed by atoms with Crippen molar-refractivity contribution < 1.29 is 9.53 Å². The second kappa shape index (κ2) is 8.97. The van der Waals surface area contributed by atoms with Crippen molar-refractivity contribution in [1.82, 2.24) is 4.98 Å². The Kier molecular flexibility index (Phi) is 5.29. The van der Waals surface area contributed by atoms with Gasteiger partial charge in [-0.25, -0.2) is 4.98 Å². The largest absolute Gasteiger partial charge is 0.426 e. The fourth-order valence-corrected chi connectivity index (χ4v) is 5.95. The summed E-state index contributed by atoms with van der Waals surface area (Å²) in [6.07, 6.45) is 0.866. The maximum absolute atomic E-state index is 13.7. The van der Waals surface area contributed by atoms with Gasteiger partial charge >= 0.3 is 5.97 Å². The first-order valence-corrected chi connectivity index (χ1v) is 12.9. The number of carbonyl (C=O) groups excluding carboxylic acids is 1. The van der Waals surface area contributed by atoms with Crippen molar-refractivity contribution in [2.75, 3.05) is 0 Å². The highest BCUT2D eigenvalue weighted by atomic mass is 16.5. The number of rotatable bonds is 5. The molecular weight excluding hydrogens is 466 g/mol. The molecule has 1 aromatic heterocycles. The first-order valence-electron chi connectivity index (χ1n) is 12.9. The van der Waals surface area contributed by atoms with E-state index in [1.165, 1.54) is 5.56 Å². The lowest BCUT2D eigenvalue weighted by atomic mass is 9.71. The number of benzene rings is 5. The van der Waals surface area contributed by atoms with Crippen molar-refractivity contribution in [3.8, 4) is 17.0 Å². The van der Waals surface area contributed by atoms with Crippen LogP contribution in [0.5, 0.6) is 5.75 Å². The molecule has 6 aromatic rings. The van der Waals surface area contributed by atoms with Crippen molar-refractivity contribution in [2.24, 2.45) is 0 Å². The van der Waals surface area contributed by atoms with Crippen molar-refractivity contribution in [3.05, 3.63) is 144 Å². The summed E-state index contributed by atoms with van der Waals surface area (Å²) in [6.45, 7) is 0. The van der Waals surface area contributed by atoms with Crippen LogP contribution in [0, 0.1) is 0 Å². The molecule has 1 heterocycles. The predicted molar refractivity (Wildman–Crippen MR) is 152 cm³/mol. The first kappa shape index (κ1) is 22.4. The second-order valence-corrected chi connectivity index (χ2v) is 10.0. The Morgan fingerprint density at radius 2 is 1.26 bits per heavy atom. The number of hydrogen-bond acceptors (Lipinski definition) is 3. The van der Waals surface area contributed by atoms with Gasteiger partial charge in [0.05, 0.1) is 17.6 Å². The molecule has 0 saturated heterocycles. The summed E-state index contributed by atoms with van der Waals surface area (Å²) in [6, 6.07) is 43.1. The first-order chi connectivity index (χ1) is 18.7. The Morgan fingerprint density at radius 3 is 2.03 bits per heavy atom. The Balaban J connectivity index is 1.48. The van der Waals surface area contributed by atoms with E-state index in [1.807, 2.05) is 48.5 Å². The van der Waals surface area contributed by atoms with Gasteiger partial charge in [-0.1, -0.05) is 91.0 Å². The molecule has 0 fully saturated rings. The molecule has 1 aliphatic carbocycles. The second-order valence-electron chi connectivity index (χ2n) is 10.0. The van der Waals surface area contributed by atoms with Crippen LogP contribution < -0.4 is 4.74 Å². The molecule has 3 heteroatoms. The lowest BCUT2D eigenvalue weighted by Gasteiger charge is -2.31. The zero-order valence-electron chi connectivity index (χ0n) is 20.8. The number of carbonyl (C=O) groups is 1. The van der Waals surface area contributed by atoms with Gasteiger partial charge in [-0.15, -0.1) is 0 Å². The van der Waals surface area contributed by atoms with Gasteiger partial charge in [-0.3, -0.25) is 4.79 Å². The summed E-state index contributed by atoms with van der Waals surface area (Å²) in [4.78, 5) is 18.8. The third kappa shape index (κ3) is 3.75. The van der Waals surface area contributed by atoms with E-state index in [9.17, 15) is 4.79 Å². The van der Waals surface area contributed by atoms with E-state index < -0.39 is 5.41 Å². The molecule has 1 atom stereocenters. The summed E-state index contributed by atoms with van der Waals surface area (Å²) in [5.41, 5.74) is 5.74. The van der Waals surface area contributed by atoms with Gasteiger partial charge < -0.3 is 4.74 Å². The summed E-state index contributed by atoms with van der Waals surface area (Å²) in [5, 5.41) is 3.38. The van der Waals surface area contributed by atoms with Gasteiger partial charge in [0.25, 0.3) is 0 Å². The number of ether oxygens (including phenoxy) is 1. The maximum atomic E-state index is 13.7. The monoisotopic (exact) mass is 491 g/mol. The van der Waals surface area contributed by atoms with E-state index in [0.717, 1.165) is 44.1 Å². The highest BCUT2D eigenvalue weighted by molar-refractivity contribution is 5.96. The molecule has 0 aliphatic heterocycles. The molecule has 0 spiro atoms. The number of pyridine rings is 1. The van der Waals surface area contributed by atoms with Crippen LogP contribution in [0.1, 0.15) is 23.1 Å². The molecule has 3 nitrogen and oxygen atoms in total. The molecular formula is C35H25NO2. The molecule has 182 valence electrons. The topological polar surface area (TPSA) is 39.2 Å². The summed E-state index contributed by atoms with van der Waals surface area (Å²) in [5.74, 6) is 0.299. The Morgan fingerprint density at radius 1 is 0.658 bits per heavy atom. The SMILES string of the molecule is O=C(CC1(Cc2ccccc2)c2cc3ccccc3cc2-c2nc3ccccc3cc21)Oc1ccccc1. The van der Waals surface area contributed by atoms with Crippen LogP contribution in [0.3, 0.4) is 0 Å². The van der Waals surface area contributed by atoms with Crippen LogP contribution >= 0.6 is 0 Å². The van der Waals surface area contributed by atoms with Crippen LogP contribution in [-0.2, 0) is 16.6 Å². The number of fused-ring (bicyclic) bond motifs is 5. The third-order valence-corrected chi connectivity index (χ3v) is 7.67. The fourth-order valence-electron chi connectivity index (χ4n) is 5.95. The number of nitrogens with zero attached hydrogens (tertiary/aromatic N) is 1. The van der Waals surface area contributed by atoms with Crippen LogP contribution in [-0.4, -0.2) is 11.0 Å². The minimum atomic E-state index is -0.626. The molecule has 0 saturated carbocycles. The molecule has 38 heavy (non-hydrogen) atoms. The van der Waals surface area contributed by atoms with Crippen LogP contribution in [0.15, 0.2) is 127 Å². The normalized spacial score (nSPS) is 15.8. The number of hydrogen-bond donors (Lipinski definition) is 0. The van der Waals surface area contributed by atoms with E-state index in [0.29, 0.717) is 12.2 Å². The minimum absolute atomic E-state index is 0.204. The van der Waals surface area contributed by atoms with Crippen LogP contribution in [0.25, 0.3) is 32.9 Å². The predicted octanol–water partition coefficient (Wildman–Crippen LogP) is 7.89.